The summed E-state index contributed by atoms with van der Waals surface area (Å²) >= 11 is 0. The van der Waals surface area contributed by atoms with Gasteiger partial charge in [0.05, 0.1) is 0 Å². The van der Waals surface area contributed by atoms with Gasteiger partial charge in [-0.05, 0) is 48.9 Å². The van der Waals surface area contributed by atoms with Crippen molar-refractivity contribution in [1.29, 1.82) is 0 Å². The smallest absolute Gasteiger partial charge is 0.349 e. The number of nitrogens with zero attached hydrogens (tertiary/aromatic N) is 1. The molecule has 2 aromatic carbocycles. The van der Waals surface area contributed by atoms with Crippen LogP contribution in [0.1, 0.15) is 34.3 Å². The van der Waals surface area contributed by atoms with Crippen LogP contribution < -0.4 is 5.63 Å². The molecule has 0 aliphatic heterocycles. The third kappa shape index (κ3) is 2.53. The standard InChI is InChI=1S/C22H19NO3/c24-21(19-13-16-7-3-4-8-20(16)26-22(19)25)23(17-9-10-17)18-11-14-5-1-2-6-15(14)12-18/h1-8,13,17-18H,9-12H2. The number of carbonyl (C=O) groups is 1. The first-order valence-corrected chi connectivity index (χ1v) is 9.13. The van der Waals surface area contributed by atoms with Crippen LogP contribution in [0.5, 0.6) is 0 Å². The zero-order valence-corrected chi connectivity index (χ0v) is 14.4. The monoisotopic (exact) mass is 345 g/mol. The van der Waals surface area contributed by atoms with E-state index >= 15 is 0 Å². The molecule has 4 heteroatoms. The number of hydrogen-bond acceptors (Lipinski definition) is 3. The number of fused-ring (bicyclic) bond motifs is 2. The van der Waals surface area contributed by atoms with Gasteiger partial charge in [0.1, 0.15) is 11.1 Å². The summed E-state index contributed by atoms with van der Waals surface area (Å²) < 4.78 is 5.39. The lowest BCUT2D eigenvalue weighted by molar-refractivity contribution is 0.0663. The van der Waals surface area contributed by atoms with E-state index in [0.717, 1.165) is 31.1 Å². The number of hydrogen-bond donors (Lipinski definition) is 0. The van der Waals surface area contributed by atoms with Crippen molar-refractivity contribution in [1.82, 2.24) is 4.90 Å². The van der Waals surface area contributed by atoms with E-state index in [4.69, 9.17) is 4.42 Å². The van der Waals surface area contributed by atoms with Crippen LogP contribution in [0.2, 0.25) is 0 Å². The van der Waals surface area contributed by atoms with Gasteiger partial charge in [0.25, 0.3) is 5.91 Å². The van der Waals surface area contributed by atoms with Crippen molar-refractivity contribution >= 4 is 16.9 Å². The Bertz CT molecular complexity index is 1040. The molecular weight excluding hydrogens is 326 g/mol. The fraction of sp³-hybridized carbons (Fsp3) is 0.273. The molecule has 1 aromatic heterocycles. The fourth-order valence-corrected chi connectivity index (χ4v) is 4.06. The second-order valence-electron chi connectivity index (χ2n) is 7.26. The zero-order valence-electron chi connectivity index (χ0n) is 14.4. The summed E-state index contributed by atoms with van der Waals surface area (Å²) in [6, 6.07) is 17.7. The van der Waals surface area contributed by atoms with Crippen molar-refractivity contribution in [3.63, 3.8) is 0 Å². The van der Waals surface area contributed by atoms with Crippen LogP contribution in [0.3, 0.4) is 0 Å². The molecule has 0 unspecified atom stereocenters. The van der Waals surface area contributed by atoms with Gasteiger partial charge in [-0.3, -0.25) is 4.79 Å². The average molecular weight is 345 g/mol. The highest BCUT2D eigenvalue weighted by Gasteiger charge is 2.40. The lowest BCUT2D eigenvalue weighted by Gasteiger charge is -2.29. The molecule has 3 aromatic rings. The largest absolute Gasteiger partial charge is 0.422 e. The normalized spacial score (nSPS) is 16.6. The topological polar surface area (TPSA) is 50.5 Å². The Morgan fingerprint density at radius 1 is 0.923 bits per heavy atom. The summed E-state index contributed by atoms with van der Waals surface area (Å²) in [5.41, 5.74) is 2.73. The maximum Gasteiger partial charge on any atom is 0.349 e. The lowest BCUT2D eigenvalue weighted by atomic mass is 10.1. The Hall–Kier alpha value is -2.88. The van der Waals surface area contributed by atoms with Gasteiger partial charge < -0.3 is 9.32 Å². The van der Waals surface area contributed by atoms with Crippen LogP contribution in [-0.2, 0) is 12.8 Å². The Kier molecular flexibility index (Phi) is 3.45. The third-order valence-electron chi connectivity index (χ3n) is 5.47. The van der Waals surface area contributed by atoms with Gasteiger partial charge in [-0.25, -0.2) is 4.79 Å². The molecule has 4 nitrogen and oxygen atoms in total. The fourth-order valence-electron chi connectivity index (χ4n) is 4.06. The van der Waals surface area contributed by atoms with Crippen molar-refractivity contribution in [2.24, 2.45) is 0 Å². The van der Waals surface area contributed by atoms with E-state index in [1.807, 2.05) is 35.2 Å². The Morgan fingerprint density at radius 3 is 2.27 bits per heavy atom. The number of amides is 1. The molecule has 0 spiro atoms. The molecule has 2 aliphatic rings. The number of rotatable bonds is 3. The van der Waals surface area contributed by atoms with Gasteiger partial charge in [-0.1, -0.05) is 42.5 Å². The number of benzene rings is 2. The summed E-state index contributed by atoms with van der Waals surface area (Å²) in [5, 5.41) is 0.779. The van der Waals surface area contributed by atoms with Gasteiger partial charge in [0, 0.05) is 17.5 Å². The molecule has 1 amide bonds. The van der Waals surface area contributed by atoms with Crippen LogP contribution >= 0.6 is 0 Å². The molecule has 26 heavy (non-hydrogen) atoms. The summed E-state index contributed by atoms with van der Waals surface area (Å²) in [4.78, 5) is 27.7. The van der Waals surface area contributed by atoms with Crippen molar-refractivity contribution < 1.29 is 9.21 Å². The third-order valence-corrected chi connectivity index (χ3v) is 5.47. The van der Waals surface area contributed by atoms with Crippen LogP contribution in [0.25, 0.3) is 11.0 Å². The minimum absolute atomic E-state index is 0.123. The van der Waals surface area contributed by atoms with Gasteiger partial charge in [-0.15, -0.1) is 0 Å². The maximum atomic E-state index is 13.3. The SMILES string of the molecule is O=C(c1cc2ccccc2oc1=O)N(C1CC1)C1Cc2ccccc2C1. The molecule has 1 fully saturated rings. The van der Waals surface area contributed by atoms with Gasteiger partial charge in [-0.2, -0.15) is 0 Å². The highest BCUT2D eigenvalue weighted by atomic mass is 16.4. The number of carbonyl (C=O) groups excluding carboxylic acids is 1. The Labute approximate surface area is 151 Å². The van der Waals surface area contributed by atoms with Crippen LogP contribution in [-0.4, -0.2) is 22.9 Å². The molecule has 2 aliphatic carbocycles. The molecule has 0 saturated heterocycles. The Morgan fingerprint density at radius 2 is 1.58 bits per heavy atom. The number of para-hydroxylation sites is 1. The molecule has 0 radical (unpaired) electrons. The highest BCUT2D eigenvalue weighted by molar-refractivity contribution is 5.97. The second-order valence-corrected chi connectivity index (χ2v) is 7.26. The molecule has 130 valence electrons. The summed E-state index contributed by atoms with van der Waals surface area (Å²) in [6.07, 6.45) is 3.74. The Balaban J connectivity index is 1.52. The van der Waals surface area contributed by atoms with Gasteiger partial charge in [0.15, 0.2) is 0 Å². The predicted molar refractivity (Wildman–Crippen MR) is 99.3 cm³/mol. The average Bonchev–Trinajstić information content (AvgIpc) is 3.38. The molecule has 0 atom stereocenters. The molecule has 0 bridgehead atoms. The van der Waals surface area contributed by atoms with Crippen molar-refractivity contribution in [2.45, 2.75) is 37.8 Å². The molecule has 0 N–H and O–H groups in total. The van der Waals surface area contributed by atoms with E-state index in [1.54, 1.807) is 12.1 Å². The quantitative estimate of drug-likeness (QED) is 0.682. The second kappa shape index (κ2) is 5.84. The molecule has 1 heterocycles. The van der Waals surface area contributed by atoms with Gasteiger partial charge >= 0.3 is 5.63 Å². The highest BCUT2D eigenvalue weighted by Crippen LogP contribution is 2.35. The maximum absolute atomic E-state index is 13.3. The first kappa shape index (κ1) is 15.4. The van der Waals surface area contributed by atoms with Crippen LogP contribution in [0.15, 0.2) is 63.8 Å². The first-order valence-electron chi connectivity index (χ1n) is 9.13. The van der Waals surface area contributed by atoms with Crippen LogP contribution in [0.4, 0.5) is 0 Å². The van der Waals surface area contributed by atoms with E-state index in [0.29, 0.717) is 5.58 Å². The van der Waals surface area contributed by atoms with E-state index in [1.165, 1.54) is 11.1 Å². The molecule has 5 rings (SSSR count). The minimum atomic E-state index is -0.546. The first-order chi connectivity index (χ1) is 12.7. The summed E-state index contributed by atoms with van der Waals surface area (Å²) in [5.74, 6) is -0.190. The van der Waals surface area contributed by atoms with Crippen LogP contribution in [0, 0.1) is 0 Å². The summed E-state index contributed by atoms with van der Waals surface area (Å²) in [7, 11) is 0. The van der Waals surface area contributed by atoms with Gasteiger partial charge in [0.2, 0.25) is 0 Å². The van der Waals surface area contributed by atoms with Crippen molar-refractivity contribution in [3.8, 4) is 0 Å². The van der Waals surface area contributed by atoms with Crippen molar-refractivity contribution in [2.75, 3.05) is 0 Å². The molecule has 1 saturated carbocycles. The van der Waals surface area contributed by atoms with E-state index in [-0.39, 0.29) is 23.6 Å². The van der Waals surface area contributed by atoms with E-state index in [9.17, 15) is 9.59 Å². The van der Waals surface area contributed by atoms with E-state index in [2.05, 4.69) is 12.1 Å². The summed E-state index contributed by atoms with van der Waals surface area (Å²) in [6.45, 7) is 0. The molecular formula is C22H19NO3. The zero-order chi connectivity index (χ0) is 17.7. The lowest BCUT2D eigenvalue weighted by Crippen LogP contribution is -2.44. The van der Waals surface area contributed by atoms with E-state index < -0.39 is 5.63 Å². The van der Waals surface area contributed by atoms with Crippen molar-refractivity contribution in [3.05, 3.63) is 81.7 Å². The minimum Gasteiger partial charge on any atom is -0.422 e. The predicted octanol–water partition coefficient (Wildman–Crippen LogP) is 3.57.